The van der Waals surface area contributed by atoms with E-state index in [1.165, 1.54) is 12.2 Å². The molecule has 0 spiro atoms. The highest BCUT2D eigenvalue weighted by atomic mass is 19.1. The number of hydrogen-bond donors (Lipinski definition) is 1. The summed E-state index contributed by atoms with van der Waals surface area (Å²) in [7, 11) is 0. The van der Waals surface area contributed by atoms with Crippen LogP contribution in [0.5, 0.6) is 0 Å². The molecule has 0 heterocycles. The van der Waals surface area contributed by atoms with Crippen molar-refractivity contribution in [2.24, 2.45) is 28.6 Å². The van der Waals surface area contributed by atoms with Gasteiger partial charge in [0.05, 0.1) is 6.10 Å². The van der Waals surface area contributed by atoms with Gasteiger partial charge in [0.15, 0.2) is 23.7 Å². The Kier molecular flexibility index (Phi) is 7.06. The van der Waals surface area contributed by atoms with E-state index in [1.807, 2.05) is 20.8 Å². The summed E-state index contributed by atoms with van der Waals surface area (Å²) in [5.74, 6) is -3.26. The highest BCUT2D eigenvalue weighted by Gasteiger charge is 2.77. The first kappa shape index (κ1) is 27.7. The molecule has 0 aliphatic heterocycles. The zero-order chi connectivity index (χ0) is 27.4. The average Bonchev–Trinajstić information content (AvgIpc) is 3.05. The van der Waals surface area contributed by atoms with Gasteiger partial charge < -0.3 is 14.6 Å². The Morgan fingerprint density at radius 1 is 1.16 bits per heavy atom. The van der Waals surface area contributed by atoms with Crippen LogP contribution in [0.25, 0.3) is 0 Å². The summed E-state index contributed by atoms with van der Waals surface area (Å²) in [6.45, 7) is 8.29. The number of hydrogen-bond acceptors (Lipinski definition) is 7. The molecule has 204 valence electrons. The van der Waals surface area contributed by atoms with E-state index in [1.54, 1.807) is 19.9 Å². The Balaban J connectivity index is 1.80. The molecule has 37 heavy (non-hydrogen) atoms. The van der Waals surface area contributed by atoms with Gasteiger partial charge in [0, 0.05) is 35.5 Å². The Morgan fingerprint density at radius 3 is 2.51 bits per heavy atom. The van der Waals surface area contributed by atoms with Crippen LogP contribution in [-0.2, 0) is 28.7 Å². The lowest BCUT2D eigenvalue weighted by Gasteiger charge is -2.62. The second-order valence-electron chi connectivity index (χ2n) is 11.8. The molecular formula is C29H39FO7. The molecule has 3 saturated carbocycles. The molecule has 0 aromatic heterocycles. The monoisotopic (exact) mass is 518 g/mol. The van der Waals surface area contributed by atoms with Crippen molar-refractivity contribution in [3.05, 3.63) is 23.8 Å². The van der Waals surface area contributed by atoms with Crippen LogP contribution in [-0.4, -0.2) is 52.6 Å². The number of rotatable bonds is 7. The van der Waals surface area contributed by atoms with Crippen molar-refractivity contribution < 1.29 is 38.1 Å². The number of aliphatic hydroxyl groups is 1. The highest BCUT2D eigenvalue weighted by molar-refractivity contribution is 6.01. The standard InChI is InChI=1S/C29H39FO7/c1-6-8-25(35)37-29(23(33)16-36-24(34)7-2)17(3)13-21-20-10-9-18-14-19(31)11-12-26(18,4)28(20,30)22(32)15-27(21,29)5/h11-12,14,17,20-22,32H,6-10,13,15-16H2,1-5H3/t17-,20-,21-,22+,26+,27-,28-,29-/m0/s1. The van der Waals surface area contributed by atoms with Crippen molar-refractivity contribution >= 4 is 23.5 Å². The molecule has 0 bridgehead atoms. The smallest absolute Gasteiger partial charge is 0.306 e. The van der Waals surface area contributed by atoms with E-state index >= 15 is 4.39 Å². The van der Waals surface area contributed by atoms with E-state index in [9.17, 15) is 24.3 Å². The van der Waals surface area contributed by atoms with Gasteiger partial charge in [0.2, 0.25) is 5.78 Å². The van der Waals surface area contributed by atoms with Gasteiger partial charge in [-0.3, -0.25) is 19.2 Å². The fourth-order valence-corrected chi connectivity index (χ4v) is 8.19. The number of ketones is 2. The van der Waals surface area contributed by atoms with Crippen LogP contribution in [0.2, 0.25) is 0 Å². The van der Waals surface area contributed by atoms with Crippen molar-refractivity contribution in [3.63, 3.8) is 0 Å². The summed E-state index contributed by atoms with van der Waals surface area (Å²) in [5.41, 5.74) is -5.26. The SMILES string of the molecule is CCCC(=O)O[C@]1(C(=O)COC(=O)CC)[C@@H](C)C[C@H]2[C@@H]3CCC4=CC(=O)C=C[C@@]4(C)[C@@]3(F)[C@H](O)C[C@@]21C. The number of alkyl halides is 1. The number of halogens is 1. The molecule has 4 aliphatic rings. The lowest BCUT2D eigenvalue weighted by Crippen LogP contribution is -2.70. The van der Waals surface area contributed by atoms with Crippen LogP contribution < -0.4 is 0 Å². The number of Topliss-reactive ketones (excluding diaryl/α,β-unsaturated/α-hetero) is 1. The minimum absolute atomic E-state index is 0.0982. The number of allylic oxidation sites excluding steroid dienone is 4. The van der Waals surface area contributed by atoms with Gasteiger partial charge in [-0.15, -0.1) is 0 Å². The number of aliphatic hydroxyl groups excluding tert-OH is 1. The van der Waals surface area contributed by atoms with Gasteiger partial charge in [-0.2, -0.15) is 0 Å². The van der Waals surface area contributed by atoms with Gasteiger partial charge in [0.25, 0.3) is 0 Å². The molecule has 0 radical (unpaired) electrons. The van der Waals surface area contributed by atoms with E-state index in [0.717, 1.165) is 0 Å². The fraction of sp³-hybridized carbons (Fsp3) is 0.724. The maximum atomic E-state index is 17.4. The number of ether oxygens (including phenoxy) is 2. The zero-order valence-corrected chi connectivity index (χ0v) is 22.5. The van der Waals surface area contributed by atoms with Gasteiger partial charge in [-0.25, -0.2) is 4.39 Å². The maximum absolute atomic E-state index is 17.4. The zero-order valence-electron chi connectivity index (χ0n) is 22.5. The van der Waals surface area contributed by atoms with Crippen LogP contribution in [0.4, 0.5) is 4.39 Å². The Bertz CT molecular complexity index is 1060. The first-order chi connectivity index (χ1) is 17.3. The first-order valence-electron chi connectivity index (χ1n) is 13.5. The number of carbonyl (C=O) groups is 4. The molecule has 0 amide bonds. The van der Waals surface area contributed by atoms with Crippen molar-refractivity contribution in [1.82, 2.24) is 0 Å². The average molecular weight is 519 g/mol. The van der Waals surface area contributed by atoms with Crippen molar-refractivity contribution in [3.8, 4) is 0 Å². The fourth-order valence-electron chi connectivity index (χ4n) is 8.19. The Morgan fingerprint density at radius 2 is 1.86 bits per heavy atom. The van der Waals surface area contributed by atoms with Crippen LogP contribution in [0.15, 0.2) is 23.8 Å². The Labute approximate surface area is 217 Å². The predicted molar refractivity (Wildman–Crippen MR) is 133 cm³/mol. The van der Waals surface area contributed by atoms with Gasteiger partial charge in [-0.05, 0) is 57.1 Å². The summed E-state index contributed by atoms with van der Waals surface area (Å²) in [5, 5.41) is 11.6. The summed E-state index contributed by atoms with van der Waals surface area (Å²) < 4.78 is 28.7. The normalized spacial score (nSPS) is 42.2. The van der Waals surface area contributed by atoms with E-state index in [0.29, 0.717) is 31.3 Å². The molecule has 4 aliphatic carbocycles. The molecule has 0 saturated heterocycles. The highest BCUT2D eigenvalue weighted by Crippen LogP contribution is 2.71. The minimum atomic E-state index is -2.06. The van der Waals surface area contributed by atoms with Crippen LogP contribution in [0.3, 0.4) is 0 Å². The minimum Gasteiger partial charge on any atom is -0.457 e. The lowest BCUT2D eigenvalue weighted by atomic mass is 9.44. The second kappa shape index (κ2) is 9.44. The van der Waals surface area contributed by atoms with Gasteiger partial charge in [0.1, 0.15) is 0 Å². The maximum Gasteiger partial charge on any atom is 0.306 e. The number of fused-ring (bicyclic) bond motifs is 5. The van der Waals surface area contributed by atoms with Crippen molar-refractivity contribution in [2.75, 3.05) is 6.61 Å². The van der Waals surface area contributed by atoms with E-state index in [4.69, 9.17) is 9.47 Å². The van der Waals surface area contributed by atoms with Crippen molar-refractivity contribution in [1.29, 1.82) is 0 Å². The molecule has 1 N–H and O–H groups in total. The van der Waals surface area contributed by atoms with Crippen LogP contribution in [0, 0.1) is 28.6 Å². The summed E-state index contributed by atoms with van der Waals surface area (Å²) in [6.07, 6.45) is 4.93. The van der Waals surface area contributed by atoms with E-state index in [-0.39, 0.29) is 31.0 Å². The lowest BCUT2D eigenvalue weighted by molar-refractivity contribution is -0.228. The number of carbonyl (C=O) groups excluding carboxylic acids is 4. The molecule has 8 atom stereocenters. The third-order valence-electron chi connectivity index (χ3n) is 9.98. The second-order valence-corrected chi connectivity index (χ2v) is 11.8. The van der Waals surface area contributed by atoms with Crippen LogP contribution in [0.1, 0.15) is 79.6 Å². The van der Waals surface area contributed by atoms with Crippen LogP contribution >= 0.6 is 0 Å². The van der Waals surface area contributed by atoms with Gasteiger partial charge in [-0.1, -0.05) is 39.3 Å². The first-order valence-corrected chi connectivity index (χ1v) is 13.5. The van der Waals surface area contributed by atoms with Crippen molar-refractivity contribution in [2.45, 2.75) is 96.9 Å². The molecule has 8 heteroatoms. The molecule has 0 aromatic carbocycles. The Hall–Kier alpha value is -2.35. The predicted octanol–water partition coefficient (Wildman–Crippen LogP) is 4.21. The quantitative estimate of drug-likeness (QED) is 0.503. The molecular weight excluding hydrogens is 479 g/mol. The topological polar surface area (TPSA) is 107 Å². The summed E-state index contributed by atoms with van der Waals surface area (Å²) >= 11 is 0. The molecule has 7 nitrogen and oxygen atoms in total. The van der Waals surface area contributed by atoms with E-state index < -0.39 is 64.4 Å². The largest absolute Gasteiger partial charge is 0.457 e. The van der Waals surface area contributed by atoms with Gasteiger partial charge >= 0.3 is 11.9 Å². The summed E-state index contributed by atoms with van der Waals surface area (Å²) in [4.78, 5) is 50.7. The number of esters is 2. The molecule has 0 aromatic rings. The molecule has 3 fully saturated rings. The molecule has 0 unspecified atom stereocenters. The molecule has 4 rings (SSSR count). The third-order valence-corrected chi connectivity index (χ3v) is 9.98. The summed E-state index contributed by atoms with van der Waals surface area (Å²) in [6, 6.07) is 0. The third kappa shape index (κ3) is 3.76. The van der Waals surface area contributed by atoms with E-state index in [2.05, 4.69) is 0 Å².